The first-order valence-electron chi connectivity index (χ1n) is 8.35. The Balaban J connectivity index is 1.82. The molecule has 0 aliphatic carbocycles. The summed E-state index contributed by atoms with van der Waals surface area (Å²) in [4.78, 5) is 28.9. The Morgan fingerprint density at radius 2 is 1.77 bits per heavy atom. The zero-order chi connectivity index (χ0) is 18.7. The summed E-state index contributed by atoms with van der Waals surface area (Å²) in [5, 5.41) is 6.96. The molecule has 0 bridgehead atoms. The van der Waals surface area contributed by atoms with Crippen LogP contribution in [0.15, 0.2) is 59.5 Å². The topological polar surface area (TPSA) is 76.9 Å². The van der Waals surface area contributed by atoms with Crippen molar-refractivity contribution in [2.45, 2.75) is 26.8 Å². The Morgan fingerprint density at radius 1 is 1.08 bits per heavy atom. The predicted octanol–water partition coefficient (Wildman–Crippen LogP) is 3.12. The fourth-order valence-electron chi connectivity index (χ4n) is 2.54. The van der Waals surface area contributed by atoms with Gasteiger partial charge in [0.05, 0.1) is 11.9 Å². The molecule has 1 atom stereocenters. The van der Waals surface area contributed by atoms with E-state index in [2.05, 4.69) is 15.4 Å². The Hall–Kier alpha value is -3.28. The number of nitrogens with zero attached hydrogens (tertiary/aromatic N) is 3. The molecule has 0 fully saturated rings. The highest BCUT2D eigenvalue weighted by Crippen LogP contribution is 2.17. The third-order valence-corrected chi connectivity index (χ3v) is 4.21. The molecular weight excluding hydrogens is 328 g/mol. The lowest BCUT2D eigenvalue weighted by Gasteiger charge is -2.15. The van der Waals surface area contributed by atoms with Crippen molar-refractivity contribution in [2.24, 2.45) is 0 Å². The van der Waals surface area contributed by atoms with Crippen LogP contribution < -0.4 is 11.0 Å². The van der Waals surface area contributed by atoms with E-state index in [9.17, 15) is 9.59 Å². The first kappa shape index (κ1) is 17.5. The van der Waals surface area contributed by atoms with Gasteiger partial charge >= 0.3 is 5.69 Å². The third kappa shape index (κ3) is 3.69. The van der Waals surface area contributed by atoms with Crippen molar-refractivity contribution in [3.8, 4) is 11.3 Å². The van der Waals surface area contributed by atoms with Gasteiger partial charge in [0.2, 0.25) is 5.91 Å². The molecule has 0 spiro atoms. The van der Waals surface area contributed by atoms with E-state index in [1.807, 2.05) is 62.4 Å². The van der Waals surface area contributed by atoms with Crippen LogP contribution in [0.2, 0.25) is 0 Å². The molecule has 1 amide bonds. The van der Waals surface area contributed by atoms with E-state index < -0.39 is 11.7 Å². The number of amides is 1. The summed E-state index contributed by atoms with van der Waals surface area (Å²) in [6.07, 6.45) is 1.50. The Labute approximate surface area is 151 Å². The zero-order valence-electron chi connectivity index (χ0n) is 14.9. The molecule has 1 heterocycles. The summed E-state index contributed by atoms with van der Waals surface area (Å²) < 4.78 is 1.09. The SMILES string of the molecule is Cc1ccc(-c2cnn([C@H](C)C(=O)Nc3ccccc3C)c(=O)n2)cc1. The molecule has 6 heteroatoms. The molecule has 132 valence electrons. The quantitative estimate of drug-likeness (QED) is 0.786. The average Bonchev–Trinajstić information content (AvgIpc) is 2.63. The summed E-state index contributed by atoms with van der Waals surface area (Å²) in [6.45, 7) is 5.51. The highest BCUT2D eigenvalue weighted by atomic mass is 16.2. The van der Waals surface area contributed by atoms with Crippen LogP contribution in [0.25, 0.3) is 11.3 Å². The number of hydrogen-bond donors (Lipinski definition) is 1. The molecule has 0 saturated heterocycles. The second-order valence-corrected chi connectivity index (χ2v) is 6.21. The minimum absolute atomic E-state index is 0.321. The van der Waals surface area contributed by atoms with E-state index in [0.29, 0.717) is 11.4 Å². The van der Waals surface area contributed by atoms with Crippen molar-refractivity contribution >= 4 is 11.6 Å². The first-order valence-corrected chi connectivity index (χ1v) is 8.35. The normalized spacial score (nSPS) is 11.8. The smallest absolute Gasteiger partial charge is 0.324 e. The van der Waals surface area contributed by atoms with E-state index in [4.69, 9.17) is 0 Å². The van der Waals surface area contributed by atoms with Gasteiger partial charge in [0, 0.05) is 11.3 Å². The number of carbonyl (C=O) groups is 1. The lowest BCUT2D eigenvalue weighted by atomic mass is 10.1. The van der Waals surface area contributed by atoms with Gasteiger partial charge in [0.15, 0.2) is 0 Å². The van der Waals surface area contributed by atoms with Crippen molar-refractivity contribution < 1.29 is 4.79 Å². The van der Waals surface area contributed by atoms with Crippen LogP contribution in [0.3, 0.4) is 0 Å². The summed E-state index contributed by atoms with van der Waals surface area (Å²) in [5.74, 6) is -0.321. The predicted molar refractivity (Wildman–Crippen MR) is 101 cm³/mol. The lowest BCUT2D eigenvalue weighted by Crippen LogP contribution is -2.35. The van der Waals surface area contributed by atoms with Gasteiger partial charge in [-0.05, 0) is 32.4 Å². The summed E-state index contributed by atoms with van der Waals surface area (Å²) >= 11 is 0. The second-order valence-electron chi connectivity index (χ2n) is 6.21. The molecule has 3 rings (SSSR count). The van der Waals surface area contributed by atoms with Gasteiger partial charge in [-0.3, -0.25) is 4.79 Å². The number of aromatic nitrogens is 3. The molecule has 1 aromatic heterocycles. The number of nitrogens with one attached hydrogen (secondary N) is 1. The molecule has 3 aromatic rings. The van der Waals surface area contributed by atoms with Crippen molar-refractivity contribution in [1.29, 1.82) is 0 Å². The molecule has 0 radical (unpaired) electrons. The number of aryl methyl sites for hydroxylation is 2. The standard InChI is InChI=1S/C20H20N4O2/c1-13-8-10-16(11-9-13)18-12-21-24(20(26)23-18)15(3)19(25)22-17-7-5-4-6-14(17)2/h4-12,15H,1-3H3,(H,22,25)/t15-/m1/s1. The monoisotopic (exact) mass is 348 g/mol. The maximum absolute atomic E-state index is 12.5. The van der Waals surface area contributed by atoms with E-state index in [0.717, 1.165) is 21.4 Å². The molecule has 0 aliphatic rings. The van der Waals surface area contributed by atoms with Crippen LogP contribution in [-0.4, -0.2) is 20.7 Å². The maximum Gasteiger partial charge on any atom is 0.365 e. The first-order chi connectivity index (χ1) is 12.5. The fraction of sp³-hybridized carbons (Fsp3) is 0.200. The fourth-order valence-corrected chi connectivity index (χ4v) is 2.54. The largest absolute Gasteiger partial charge is 0.365 e. The molecule has 0 aliphatic heterocycles. The van der Waals surface area contributed by atoms with Crippen LogP contribution in [-0.2, 0) is 4.79 Å². The Kier molecular flexibility index (Phi) is 4.93. The van der Waals surface area contributed by atoms with Gasteiger partial charge < -0.3 is 5.32 Å². The zero-order valence-corrected chi connectivity index (χ0v) is 14.9. The molecular formula is C20H20N4O2. The lowest BCUT2D eigenvalue weighted by molar-refractivity contribution is -0.119. The van der Waals surface area contributed by atoms with Gasteiger partial charge in [-0.2, -0.15) is 10.1 Å². The number of para-hydroxylation sites is 1. The molecule has 0 unspecified atom stereocenters. The third-order valence-electron chi connectivity index (χ3n) is 4.21. The van der Waals surface area contributed by atoms with Gasteiger partial charge in [-0.15, -0.1) is 0 Å². The number of benzene rings is 2. The number of carbonyl (C=O) groups excluding carboxylic acids is 1. The minimum Gasteiger partial charge on any atom is -0.324 e. The second kappa shape index (κ2) is 7.31. The van der Waals surface area contributed by atoms with Crippen molar-refractivity contribution in [1.82, 2.24) is 14.8 Å². The number of rotatable bonds is 4. The van der Waals surface area contributed by atoms with Crippen LogP contribution in [0.1, 0.15) is 24.1 Å². The van der Waals surface area contributed by atoms with E-state index >= 15 is 0 Å². The van der Waals surface area contributed by atoms with E-state index in [-0.39, 0.29) is 5.91 Å². The molecule has 1 N–H and O–H groups in total. The van der Waals surface area contributed by atoms with Crippen molar-refractivity contribution in [3.63, 3.8) is 0 Å². The average molecular weight is 348 g/mol. The Bertz CT molecular complexity index is 993. The number of hydrogen-bond acceptors (Lipinski definition) is 4. The minimum atomic E-state index is -0.776. The molecule has 2 aromatic carbocycles. The van der Waals surface area contributed by atoms with Crippen LogP contribution in [0, 0.1) is 13.8 Å². The molecule has 0 saturated carbocycles. The van der Waals surface area contributed by atoms with Gasteiger partial charge in [0.1, 0.15) is 6.04 Å². The summed E-state index contributed by atoms with van der Waals surface area (Å²) in [7, 11) is 0. The summed E-state index contributed by atoms with van der Waals surface area (Å²) in [5.41, 5.74) is 3.51. The Morgan fingerprint density at radius 3 is 2.42 bits per heavy atom. The van der Waals surface area contributed by atoms with E-state index in [1.54, 1.807) is 6.92 Å². The van der Waals surface area contributed by atoms with Crippen molar-refractivity contribution in [2.75, 3.05) is 5.32 Å². The number of anilines is 1. The van der Waals surface area contributed by atoms with Crippen LogP contribution in [0.5, 0.6) is 0 Å². The van der Waals surface area contributed by atoms with Gasteiger partial charge in [-0.25, -0.2) is 9.48 Å². The maximum atomic E-state index is 12.5. The molecule has 26 heavy (non-hydrogen) atoms. The highest BCUT2D eigenvalue weighted by Gasteiger charge is 2.19. The van der Waals surface area contributed by atoms with E-state index in [1.165, 1.54) is 6.20 Å². The van der Waals surface area contributed by atoms with Crippen LogP contribution in [0.4, 0.5) is 5.69 Å². The molecule has 6 nitrogen and oxygen atoms in total. The summed E-state index contributed by atoms with van der Waals surface area (Å²) in [6, 6.07) is 14.3. The van der Waals surface area contributed by atoms with Crippen LogP contribution >= 0.6 is 0 Å². The van der Waals surface area contributed by atoms with Gasteiger partial charge in [-0.1, -0.05) is 48.0 Å². The highest BCUT2D eigenvalue weighted by molar-refractivity contribution is 5.94. The van der Waals surface area contributed by atoms with Crippen molar-refractivity contribution in [3.05, 3.63) is 76.3 Å². The van der Waals surface area contributed by atoms with Gasteiger partial charge in [0.25, 0.3) is 0 Å².